The lowest BCUT2D eigenvalue weighted by Crippen LogP contribution is -2.41. The van der Waals surface area contributed by atoms with Crippen molar-refractivity contribution in [1.29, 1.82) is 0 Å². The summed E-state index contributed by atoms with van der Waals surface area (Å²) in [6.45, 7) is 4.02. The predicted octanol–water partition coefficient (Wildman–Crippen LogP) is 3.83. The van der Waals surface area contributed by atoms with Crippen molar-refractivity contribution in [1.82, 2.24) is 15.8 Å². The molecule has 3 rings (SSSR count). The van der Waals surface area contributed by atoms with Crippen molar-refractivity contribution in [3.05, 3.63) is 56.7 Å². The number of carbonyl (C=O) groups is 2. The molecule has 27 heavy (non-hydrogen) atoms. The first-order chi connectivity index (χ1) is 13.0. The first-order valence-electron chi connectivity index (χ1n) is 8.31. The maximum Gasteiger partial charge on any atom is 0.289 e. The molecule has 1 aromatic carbocycles. The minimum absolute atomic E-state index is 0.253. The molecular formula is C19H19N3O3S2. The molecule has 0 spiro atoms. The largest absolute Gasteiger partial charge is 0.497 e. The Labute approximate surface area is 165 Å². The topological polar surface area (TPSA) is 80.3 Å². The zero-order valence-electron chi connectivity index (χ0n) is 15.2. The van der Waals surface area contributed by atoms with E-state index >= 15 is 0 Å². The van der Waals surface area contributed by atoms with Gasteiger partial charge in [0.2, 0.25) is 0 Å². The molecule has 2 aromatic heterocycles. The second kappa shape index (κ2) is 8.32. The lowest BCUT2D eigenvalue weighted by molar-refractivity contribution is 0.0846. The molecule has 2 N–H and O–H groups in total. The number of thiazole rings is 1. The van der Waals surface area contributed by atoms with E-state index in [-0.39, 0.29) is 11.6 Å². The van der Waals surface area contributed by atoms with Crippen LogP contribution in [0.5, 0.6) is 5.75 Å². The highest BCUT2D eigenvalue weighted by atomic mass is 32.1. The minimum atomic E-state index is -0.455. The number of hydrazine groups is 1. The maximum atomic E-state index is 12.3. The summed E-state index contributed by atoms with van der Waals surface area (Å²) >= 11 is 2.79. The smallest absolute Gasteiger partial charge is 0.289 e. The van der Waals surface area contributed by atoms with Crippen molar-refractivity contribution < 1.29 is 14.3 Å². The number of ether oxygens (including phenoxy) is 1. The Kier molecular flexibility index (Phi) is 5.88. The summed E-state index contributed by atoms with van der Waals surface area (Å²) in [5, 5.41) is 2.38. The molecule has 0 saturated heterocycles. The monoisotopic (exact) mass is 401 g/mol. The fourth-order valence-corrected chi connectivity index (χ4v) is 4.28. The van der Waals surface area contributed by atoms with E-state index in [1.165, 1.54) is 22.7 Å². The molecular weight excluding hydrogens is 382 g/mol. The van der Waals surface area contributed by atoms with Crippen LogP contribution in [0.15, 0.2) is 35.7 Å². The molecule has 0 fully saturated rings. The van der Waals surface area contributed by atoms with Gasteiger partial charge in [-0.25, -0.2) is 4.98 Å². The van der Waals surface area contributed by atoms with Crippen LogP contribution in [0.4, 0.5) is 0 Å². The highest BCUT2D eigenvalue weighted by molar-refractivity contribution is 7.14. The molecule has 8 heteroatoms. The summed E-state index contributed by atoms with van der Waals surface area (Å²) in [5.41, 5.74) is 7.10. The van der Waals surface area contributed by atoms with E-state index in [2.05, 4.69) is 15.8 Å². The Balaban J connectivity index is 1.62. The van der Waals surface area contributed by atoms with Crippen LogP contribution < -0.4 is 15.6 Å². The zero-order chi connectivity index (χ0) is 19.4. The lowest BCUT2D eigenvalue weighted by atomic mass is 10.2. The summed E-state index contributed by atoms with van der Waals surface area (Å²) in [6, 6.07) is 9.27. The molecule has 2 amide bonds. The molecule has 0 unspecified atom stereocenters. The van der Waals surface area contributed by atoms with Gasteiger partial charge in [0.1, 0.15) is 16.5 Å². The molecule has 0 aliphatic heterocycles. The first kappa shape index (κ1) is 19.1. The Bertz CT molecular complexity index is 961. The van der Waals surface area contributed by atoms with Crippen molar-refractivity contribution >= 4 is 34.5 Å². The van der Waals surface area contributed by atoms with Gasteiger partial charge < -0.3 is 4.74 Å². The van der Waals surface area contributed by atoms with Crippen molar-refractivity contribution in [3.63, 3.8) is 0 Å². The minimum Gasteiger partial charge on any atom is -0.497 e. The number of aryl methyl sites for hydroxylation is 2. The van der Waals surface area contributed by atoms with Crippen LogP contribution in [0.25, 0.3) is 10.6 Å². The highest BCUT2D eigenvalue weighted by Gasteiger charge is 2.15. The second-order valence-electron chi connectivity index (χ2n) is 5.75. The predicted molar refractivity (Wildman–Crippen MR) is 107 cm³/mol. The van der Waals surface area contributed by atoms with E-state index in [1.54, 1.807) is 12.5 Å². The van der Waals surface area contributed by atoms with E-state index in [4.69, 9.17) is 4.74 Å². The number of methoxy groups -OCH3 is 1. The molecule has 3 aromatic rings. The number of aromatic nitrogens is 1. The summed E-state index contributed by atoms with van der Waals surface area (Å²) < 4.78 is 5.13. The Hall–Kier alpha value is -2.71. The van der Waals surface area contributed by atoms with E-state index in [9.17, 15) is 9.59 Å². The van der Waals surface area contributed by atoms with E-state index in [0.29, 0.717) is 4.88 Å². The number of rotatable bonds is 5. The van der Waals surface area contributed by atoms with Gasteiger partial charge in [0.15, 0.2) is 0 Å². The summed E-state index contributed by atoms with van der Waals surface area (Å²) in [7, 11) is 1.61. The molecule has 0 aliphatic rings. The van der Waals surface area contributed by atoms with Gasteiger partial charge in [0, 0.05) is 15.8 Å². The Morgan fingerprint density at radius 1 is 1.15 bits per heavy atom. The summed E-state index contributed by atoms with van der Waals surface area (Å²) in [5.74, 6) is -0.0314. The maximum absolute atomic E-state index is 12.3. The van der Waals surface area contributed by atoms with Gasteiger partial charge in [-0.3, -0.25) is 20.4 Å². The number of carbonyl (C=O) groups excluding carboxylic acids is 2. The third kappa shape index (κ3) is 4.35. The average molecular weight is 402 g/mol. The number of nitrogens with zero attached hydrogens (tertiary/aromatic N) is 1. The lowest BCUT2D eigenvalue weighted by Gasteiger charge is -2.04. The van der Waals surface area contributed by atoms with Gasteiger partial charge in [-0.15, -0.1) is 22.7 Å². The van der Waals surface area contributed by atoms with E-state index in [1.807, 2.05) is 44.2 Å². The van der Waals surface area contributed by atoms with Gasteiger partial charge >= 0.3 is 0 Å². The standard InChI is InChI=1S/C19H19N3O3S2/c1-4-15-11(2)9-16(27-15)18(24)22-21-17(23)14-10-26-19(20-14)12-5-7-13(25-3)8-6-12/h5-10H,4H2,1-3H3,(H,21,23)(H,22,24). The third-order valence-corrected chi connectivity index (χ3v) is 6.20. The van der Waals surface area contributed by atoms with Crippen LogP contribution in [0.3, 0.4) is 0 Å². The molecule has 0 saturated carbocycles. The average Bonchev–Trinajstić information content (AvgIpc) is 3.33. The van der Waals surface area contributed by atoms with Crippen LogP contribution in [0.2, 0.25) is 0 Å². The SMILES string of the molecule is CCc1sc(C(=O)NNC(=O)c2csc(-c3ccc(OC)cc3)n2)cc1C. The second-order valence-corrected chi connectivity index (χ2v) is 7.74. The van der Waals surface area contributed by atoms with Crippen molar-refractivity contribution in [3.8, 4) is 16.3 Å². The molecule has 0 radical (unpaired) electrons. The fraction of sp³-hybridized carbons (Fsp3) is 0.211. The Morgan fingerprint density at radius 2 is 1.85 bits per heavy atom. The highest BCUT2D eigenvalue weighted by Crippen LogP contribution is 2.26. The Morgan fingerprint density at radius 3 is 2.48 bits per heavy atom. The molecule has 2 heterocycles. The molecule has 6 nitrogen and oxygen atoms in total. The molecule has 140 valence electrons. The number of benzene rings is 1. The van der Waals surface area contributed by atoms with Crippen LogP contribution in [-0.4, -0.2) is 23.9 Å². The van der Waals surface area contributed by atoms with Crippen LogP contribution in [0, 0.1) is 6.92 Å². The van der Waals surface area contributed by atoms with Gasteiger partial charge in [-0.1, -0.05) is 6.92 Å². The molecule has 0 atom stereocenters. The fourth-order valence-electron chi connectivity index (χ4n) is 2.47. The van der Waals surface area contributed by atoms with Gasteiger partial charge in [-0.2, -0.15) is 0 Å². The first-order valence-corrected chi connectivity index (χ1v) is 10.0. The van der Waals surface area contributed by atoms with Gasteiger partial charge in [-0.05, 0) is 49.2 Å². The third-order valence-electron chi connectivity index (χ3n) is 3.93. The normalized spacial score (nSPS) is 10.5. The number of nitrogens with one attached hydrogen (secondary N) is 2. The number of hydrogen-bond donors (Lipinski definition) is 2. The van der Waals surface area contributed by atoms with Crippen molar-refractivity contribution in [2.24, 2.45) is 0 Å². The quantitative estimate of drug-likeness (QED) is 0.637. The van der Waals surface area contributed by atoms with E-state index < -0.39 is 5.91 Å². The van der Waals surface area contributed by atoms with Gasteiger partial charge in [0.05, 0.1) is 12.0 Å². The number of hydrogen-bond acceptors (Lipinski definition) is 6. The van der Waals surface area contributed by atoms with Crippen LogP contribution in [0.1, 0.15) is 37.5 Å². The number of thiophene rings is 1. The molecule has 0 bridgehead atoms. The van der Waals surface area contributed by atoms with Crippen LogP contribution in [-0.2, 0) is 6.42 Å². The van der Waals surface area contributed by atoms with E-state index in [0.717, 1.165) is 33.2 Å². The van der Waals surface area contributed by atoms with Crippen LogP contribution >= 0.6 is 22.7 Å². The number of amides is 2. The summed E-state index contributed by atoms with van der Waals surface area (Å²) in [6.07, 6.45) is 0.878. The zero-order valence-corrected chi connectivity index (χ0v) is 16.8. The van der Waals surface area contributed by atoms with Crippen molar-refractivity contribution in [2.75, 3.05) is 7.11 Å². The van der Waals surface area contributed by atoms with Gasteiger partial charge in [0.25, 0.3) is 11.8 Å². The molecule has 0 aliphatic carbocycles. The van der Waals surface area contributed by atoms with Crippen molar-refractivity contribution in [2.45, 2.75) is 20.3 Å². The summed E-state index contributed by atoms with van der Waals surface area (Å²) in [4.78, 5) is 30.5.